The van der Waals surface area contributed by atoms with Gasteiger partial charge in [-0.25, -0.2) is 4.79 Å². The number of carbonyl (C=O) groups excluding carboxylic acids is 2. The van der Waals surface area contributed by atoms with Gasteiger partial charge in [-0.05, 0) is 25.2 Å². The van der Waals surface area contributed by atoms with Crippen LogP contribution in [-0.2, 0) is 9.59 Å². The molecule has 0 aromatic rings. The number of carboxylic acid groups (broad SMARTS) is 1. The van der Waals surface area contributed by atoms with Crippen LogP contribution < -0.4 is 5.32 Å². The van der Waals surface area contributed by atoms with Crippen LogP contribution in [0.3, 0.4) is 0 Å². The van der Waals surface area contributed by atoms with Crippen molar-refractivity contribution < 1.29 is 19.5 Å². The molecule has 7 nitrogen and oxygen atoms in total. The third-order valence-electron chi connectivity index (χ3n) is 3.86. The Morgan fingerprint density at radius 2 is 2.10 bits per heavy atom. The number of carbonyl (C=O) groups is 3. The van der Waals surface area contributed by atoms with Crippen molar-refractivity contribution in [2.24, 2.45) is 5.92 Å². The molecule has 7 heteroatoms. The molecule has 0 radical (unpaired) electrons. The minimum absolute atomic E-state index is 0.0973. The van der Waals surface area contributed by atoms with E-state index in [0.29, 0.717) is 32.6 Å². The average molecular weight is 283 g/mol. The second kappa shape index (κ2) is 6.58. The van der Waals surface area contributed by atoms with Crippen LogP contribution in [0.25, 0.3) is 0 Å². The molecular formula is C13H21N3O4. The van der Waals surface area contributed by atoms with E-state index in [-0.39, 0.29) is 30.8 Å². The van der Waals surface area contributed by atoms with E-state index in [2.05, 4.69) is 5.32 Å². The van der Waals surface area contributed by atoms with Gasteiger partial charge in [-0.3, -0.25) is 9.59 Å². The van der Waals surface area contributed by atoms with Crippen molar-refractivity contribution in [3.05, 3.63) is 0 Å². The molecule has 0 spiro atoms. The molecule has 0 bridgehead atoms. The Kier molecular flexibility index (Phi) is 4.81. The van der Waals surface area contributed by atoms with Crippen molar-refractivity contribution in [3.63, 3.8) is 0 Å². The van der Waals surface area contributed by atoms with Crippen LogP contribution in [0.15, 0.2) is 0 Å². The Hall–Kier alpha value is -1.79. The second-order valence-corrected chi connectivity index (χ2v) is 5.44. The minimum atomic E-state index is -0.791. The summed E-state index contributed by atoms with van der Waals surface area (Å²) in [5.74, 6) is -0.660. The summed E-state index contributed by atoms with van der Waals surface area (Å²) < 4.78 is 0. The lowest BCUT2D eigenvalue weighted by molar-refractivity contribution is -0.137. The molecule has 20 heavy (non-hydrogen) atoms. The molecule has 112 valence electrons. The number of nitrogens with one attached hydrogen (secondary N) is 1. The molecule has 1 unspecified atom stereocenters. The molecule has 2 aliphatic heterocycles. The molecule has 0 aliphatic carbocycles. The molecule has 0 aromatic heterocycles. The zero-order valence-electron chi connectivity index (χ0n) is 11.5. The summed E-state index contributed by atoms with van der Waals surface area (Å²) in [5.41, 5.74) is 0. The maximum Gasteiger partial charge on any atom is 0.320 e. The number of nitrogens with zero attached hydrogens (tertiary/aromatic N) is 2. The van der Waals surface area contributed by atoms with Gasteiger partial charge in [-0.1, -0.05) is 0 Å². The number of urea groups is 1. The summed E-state index contributed by atoms with van der Waals surface area (Å²) in [6.45, 7) is 2.46. The highest BCUT2D eigenvalue weighted by Crippen LogP contribution is 2.22. The average Bonchev–Trinajstić information content (AvgIpc) is 2.44. The first-order chi connectivity index (χ1) is 9.56. The van der Waals surface area contributed by atoms with Crippen LogP contribution in [0, 0.1) is 5.92 Å². The van der Waals surface area contributed by atoms with E-state index in [1.807, 2.05) is 0 Å². The molecule has 1 atom stereocenters. The number of piperazine rings is 1. The number of aliphatic carboxylic acids is 1. The van der Waals surface area contributed by atoms with E-state index in [1.54, 1.807) is 9.80 Å². The number of likely N-dealkylation sites (tertiary alicyclic amines) is 1. The fourth-order valence-corrected chi connectivity index (χ4v) is 2.80. The molecule has 0 aromatic carbocycles. The zero-order valence-corrected chi connectivity index (χ0v) is 11.5. The van der Waals surface area contributed by atoms with Crippen molar-refractivity contribution in [2.45, 2.75) is 25.7 Å². The first kappa shape index (κ1) is 14.6. The highest BCUT2D eigenvalue weighted by atomic mass is 16.4. The van der Waals surface area contributed by atoms with Gasteiger partial charge >= 0.3 is 12.0 Å². The largest absolute Gasteiger partial charge is 0.481 e. The van der Waals surface area contributed by atoms with Gasteiger partial charge in [0.1, 0.15) is 6.54 Å². The number of carboxylic acids is 1. The highest BCUT2D eigenvalue weighted by Gasteiger charge is 2.29. The number of rotatable bonds is 3. The van der Waals surface area contributed by atoms with Crippen LogP contribution in [0.2, 0.25) is 0 Å². The van der Waals surface area contributed by atoms with Crippen molar-refractivity contribution in [1.82, 2.24) is 15.1 Å². The Labute approximate surface area is 117 Å². The highest BCUT2D eigenvalue weighted by molar-refractivity contribution is 5.85. The molecule has 2 heterocycles. The predicted octanol–water partition coefficient (Wildman–Crippen LogP) is 0.115. The van der Waals surface area contributed by atoms with Crippen molar-refractivity contribution in [1.29, 1.82) is 0 Å². The molecule has 2 fully saturated rings. The second-order valence-electron chi connectivity index (χ2n) is 5.44. The van der Waals surface area contributed by atoms with Crippen LogP contribution in [0.4, 0.5) is 4.79 Å². The monoisotopic (exact) mass is 283 g/mol. The summed E-state index contributed by atoms with van der Waals surface area (Å²) in [6.07, 6.45) is 2.63. The minimum Gasteiger partial charge on any atom is -0.481 e. The Morgan fingerprint density at radius 1 is 1.30 bits per heavy atom. The van der Waals surface area contributed by atoms with Gasteiger partial charge in [0.05, 0.1) is 0 Å². The Balaban J connectivity index is 1.86. The van der Waals surface area contributed by atoms with Crippen molar-refractivity contribution in [3.8, 4) is 0 Å². The normalized spacial score (nSPS) is 23.4. The van der Waals surface area contributed by atoms with Crippen LogP contribution in [0.5, 0.6) is 0 Å². The smallest absolute Gasteiger partial charge is 0.320 e. The number of amides is 3. The quantitative estimate of drug-likeness (QED) is 0.769. The van der Waals surface area contributed by atoms with Gasteiger partial charge in [0.15, 0.2) is 0 Å². The van der Waals surface area contributed by atoms with Gasteiger partial charge in [0.25, 0.3) is 0 Å². The van der Waals surface area contributed by atoms with Crippen molar-refractivity contribution in [2.75, 3.05) is 32.7 Å². The van der Waals surface area contributed by atoms with Gasteiger partial charge < -0.3 is 20.2 Å². The Morgan fingerprint density at radius 3 is 2.80 bits per heavy atom. The van der Waals surface area contributed by atoms with E-state index in [1.165, 1.54) is 0 Å². The maximum atomic E-state index is 12.3. The SMILES string of the molecule is O=C(O)CCC1CCCN(C(=O)N2CCNC(=O)C2)C1. The van der Waals surface area contributed by atoms with Gasteiger partial charge in [-0.15, -0.1) is 0 Å². The molecule has 2 aliphatic rings. The fourth-order valence-electron chi connectivity index (χ4n) is 2.80. The third-order valence-corrected chi connectivity index (χ3v) is 3.86. The summed E-state index contributed by atoms with van der Waals surface area (Å²) in [7, 11) is 0. The predicted molar refractivity (Wildman–Crippen MR) is 71.1 cm³/mol. The molecule has 3 amide bonds. The van der Waals surface area contributed by atoms with Crippen LogP contribution in [-0.4, -0.2) is 65.5 Å². The van der Waals surface area contributed by atoms with E-state index >= 15 is 0 Å². The number of hydrogen-bond acceptors (Lipinski definition) is 3. The summed E-state index contributed by atoms with van der Waals surface area (Å²) in [4.78, 5) is 37.6. The summed E-state index contributed by atoms with van der Waals surface area (Å²) in [5, 5.41) is 11.4. The van der Waals surface area contributed by atoms with E-state index < -0.39 is 5.97 Å². The van der Waals surface area contributed by atoms with Crippen molar-refractivity contribution >= 4 is 17.9 Å². The van der Waals surface area contributed by atoms with Gasteiger partial charge in [0, 0.05) is 32.6 Å². The lowest BCUT2D eigenvalue weighted by Crippen LogP contribution is -2.55. The number of hydrogen-bond donors (Lipinski definition) is 2. The summed E-state index contributed by atoms with van der Waals surface area (Å²) >= 11 is 0. The lowest BCUT2D eigenvalue weighted by Gasteiger charge is -2.37. The maximum absolute atomic E-state index is 12.3. The van der Waals surface area contributed by atoms with E-state index in [9.17, 15) is 14.4 Å². The lowest BCUT2D eigenvalue weighted by atomic mass is 9.93. The Bertz CT molecular complexity index is 399. The molecular weight excluding hydrogens is 262 g/mol. The van der Waals surface area contributed by atoms with Crippen LogP contribution in [0.1, 0.15) is 25.7 Å². The first-order valence-corrected chi connectivity index (χ1v) is 7.08. The molecule has 2 rings (SSSR count). The van der Waals surface area contributed by atoms with Gasteiger partial charge in [0.2, 0.25) is 5.91 Å². The van der Waals surface area contributed by atoms with Gasteiger partial charge in [-0.2, -0.15) is 0 Å². The third kappa shape index (κ3) is 3.85. The molecule has 2 saturated heterocycles. The van der Waals surface area contributed by atoms with E-state index in [0.717, 1.165) is 12.8 Å². The fraction of sp³-hybridized carbons (Fsp3) is 0.769. The first-order valence-electron chi connectivity index (χ1n) is 7.08. The van der Waals surface area contributed by atoms with E-state index in [4.69, 9.17) is 5.11 Å². The standard InChI is InChI=1S/C13H21N3O4/c17-11-9-16(7-5-14-11)13(20)15-6-1-2-10(8-15)3-4-12(18)19/h10H,1-9H2,(H,14,17)(H,18,19). The summed E-state index contributed by atoms with van der Waals surface area (Å²) in [6, 6.07) is -0.0973. The number of piperidine rings is 1. The topological polar surface area (TPSA) is 89.9 Å². The molecule has 2 N–H and O–H groups in total. The molecule has 0 saturated carbocycles. The van der Waals surface area contributed by atoms with Crippen LogP contribution >= 0.6 is 0 Å². The zero-order chi connectivity index (χ0) is 14.5.